The fourth-order valence-corrected chi connectivity index (χ4v) is 1.44. The SMILES string of the molecule is CC(C)CNC(=O)COc1ccc(Cl)cc1C=O. The average molecular weight is 270 g/mol. The lowest BCUT2D eigenvalue weighted by molar-refractivity contribution is -0.123. The predicted octanol–water partition coefficient (Wildman–Crippen LogP) is 2.30. The molecule has 18 heavy (non-hydrogen) atoms. The van der Waals surface area contributed by atoms with E-state index >= 15 is 0 Å². The number of hydrogen-bond acceptors (Lipinski definition) is 3. The van der Waals surface area contributed by atoms with Gasteiger partial charge in [0, 0.05) is 11.6 Å². The van der Waals surface area contributed by atoms with E-state index in [2.05, 4.69) is 5.32 Å². The normalized spacial score (nSPS) is 10.2. The maximum Gasteiger partial charge on any atom is 0.257 e. The molecule has 0 aliphatic carbocycles. The average Bonchev–Trinajstić information content (AvgIpc) is 2.34. The lowest BCUT2D eigenvalue weighted by Gasteiger charge is -2.10. The summed E-state index contributed by atoms with van der Waals surface area (Å²) in [5.41, 5.74) is 0.333. The lowest BCUT2D eigenvalue weighted by Crippen LogP contribution is -2.31. The van der Waals surface area contributed by atoms with Crippen molar-refractivity contribution in [1.82, 2.24) is 5.32 Å². The molecular formula is C13H16ClNO3. The second kappa shape index (κ2) is 7.01. The van der Waals surface area contributed by atoms with Crippen molar-refractivity contribution in [1.29, 1.82) is 0 Å². The van der Waals surface area contributed by atoms with Crippen molar-refractivity contribution in [3.8, 4) is 5.75 Å². The number of amides is 1. The third kappa shape index (κ3) is 4.75. The van der Waals surface area contributed by atoms with Crippen molar-refractivity contribution in [3.63, 3.8) is 0 Å². The highest BCUT2D eigenvalue weighted by Gasteiger charge is 2.07. The molecule has 0 saturated heterocycles. The lowest BCUT2D eigenvalue weighted by atomic mass is 10.2. The largest absolute Gasteiger partial charge is 0.483 e. The number of carbonyl (C=O) groups is 2. The number of nitrogens with one attached hydrogen (secondary N) is 1. The maximum atomic E-state index is 11.4. The van der Waals surface area contributed by atoms with E-state index in [1.165, 1.54) is 6.07 Å². The van der Waals surface area contributed by atoms with Crippen LogP contribution in [0.4, 0.5) is 0 Å². The van der Waals surface area contributed by atoms with E-state index in [0.717, 1.165) is 0 Å². The first kappa shape index (κ1) is 14.5. The Balaban J connectivity index is 2.53. The Morgan fingerprint density at radius 2 is 2.22 bits per heavy atom. The molecular weight excluding hydrogens is 254 g/mol. The molecule has 5 heteroatoms. The summed E-state index contributed by atoms with van der Waals surface area (Å²) in [6.45, 7) is 4.49. The van der Waals surface area contributed by atoms with Crippen molar-refractivity contribution < 1.29 is 14.3 Å². The topological polar surface area (TPSA) is 55.4 Å². The van der Waals surface area contributed by atoms with Crippen molar-refractivity contribution >= 4 is 23.8 Å². The minimum Gasteiger partial charge on any atom is -0.483 e. The summed E-state index contributed by atoms with van der Waals surface area (Å²) in [5.74, 6) is 0.527. The fourth-order valence-electron chi connectivity index (χ4n) is 1.26. The molecule has 1 rings (SSSR count). The predicted molar refractivity (Wildman–Crippen MR) is 70.2 cm³/mol. The third-order valence-corrected chi connectivity index (χ3v) is 2.40. The molecule has 98 valence electrons. The van der Waals surface area contributed by atoms with Crippen LogP contribution in [0, 0.1) is 5.92 Å². The molecule has 0 saturated carbocycles. The minimum absolute atomic E-state index is 0.116. The van der Waals surface area contributed by atoms with Crippen LogP contribution < -0.4 is 10.1 Å². The van der Waals surface area contributed by atoms with Gasteiger partial charge in [0.2, 0.25) is 0 Å². The number of hydrogen-bond donors (Lipinski definition) is 1. The molecule has 0 heterocycles. The molecule has 0 atom stereocenters. The smallest absolute Gasteiger partial charge is 0.257 e. The van der Waals surface area contributed by atoms with Gasteiger partial charge in [0.1, 0.15) is 5.75 Å². The highest BCUT2D eigenvalue weighted by molar-refractivity contribution is 6.30. The van der Waals surface area contributed by atoms with E-state index in [9.17, 15) is 9.59 Å². The van der Waals surface area contributed by atoms with E-state index in [0.29, 0.717) is 35.1 Å². The standard InChI is InChI=1S/C13H16ClNO3/c1-9(2)6-15-13(17)8-18-12-4-3-11(14)5-10(12)7-16/h3-5,7,9H,6,8H2,1-2H3,(H,15,17). The second-order valence-corrected chi connectivity index (χ2v) is 4.72. The third-order valence-electron chi connectivity index (χ3n) is 2.17. The van der Waals surface area contributed by atoms with Crippen LogP contribution in [0.25, 0.3) is 0 Å². The Morgan fingerprint density at radius 3 is 2.83 bits per heavy atom. The zero-order valence-corrected chi connectivity index (χ0v) is 11.2. The molecule has 1 N–H and O–H groups in total. The second-order valence-electron chi connectivity index (χ2n) is 4.29. The van der Waals surface area contributed by atoms with Crippen LogP contribution in [-0.2, 0) is 4.79 Å². The molecule has 0 spiro atoms. The van der Waals surface area contributed by atoms with Crippen molar-refractivity contribution in [2.75, 3.05) is 13.2 Å². The van der Waals surface area contributed by atoms with Crippen LogP contribution >= 0.6 is 11.6 Å². The Bertz CT molecular complexity index is 432. The van der Waals surface area contributed by atoms with E-state index in [4.69, 9.17) is 16.3 Å². The number of rotatable bonds is 6. The number of benzene rings is 1. The van der Waals surface area contributed by atoms with Crippen molar-refractivity contribution in [3.05, 3.63) is 28.8 Å². The van der Waals surface area contributed by atoms with Crippen molar-refractivity contribution in [2.45, 2.75) is 13.8 Å². The highest BCUT2D eigenvalue weighted by Crippen LogP contribution is 2.21. The van der Waals surface area contributed by atoms with Gasteiger partial charge in [-0.05, 0) is 24.1 Å². The molecule has 0 aliphatic heterocycles. The fraction of sp³-hybridized carbons (Fsp3) is 0.385. The number of aldehydes is 1. The molecule has 0 radical (unpaired) electrons. The van der Waals surface area contributed by atoms with Crippen LogP contribution in [0.3, 0.4) is 0 Å². The van der Waals surface area contributed by atoms with Gasteiger partial charge >= 0.3 is 0 Å². The van der Waals surface area contributed by atoms with Crippen LogP contribution in [0.15, 0.2) is 18.2 Å². The van der Waals surface area contributed by atoms with Gasteiger partial charge in [-0.1, -0.05) is 25.4 Å². The van der Waals surface area contributed by atoms with Gasteiger partial charge < -0.3 is 10.1 Å². The van der Waals surface area contributed by atoms with E-state index in [-0.39, 0.29) is 12.5 Å². The zero-order valence-electron chi connectivity index (χ0n) is 10.4. The van der Waals surface area contributed by atoms with Crippen LogP contribution in [-0.4, -0.2) is 25.3 Å². The maximum absolute atomic E-state index is 11.4. The first-order valence-corrected chi connectivity index (χ1v) is 6.05. The number of ether oxygens (including phenoxy) is 1. The minimum atomic E-state index is -0.213. The summed E-state index contributed by atoms with van der Waals surface area (Å²) in [4.78, 5) is 22.2. The summed E-state index contributed by atoms with van der Waals surface area (Å²) in [6.07, 6.45) is 0.646. The van der Waals surface area contributed by atoms with E-state index in [1.807, 2.05) is 13.8 Å². The van der Waals surface area contributed by atoms with Gasteiger partial charge in [0.05, 0.1) is 5.56 Å². The van der Waals surface area contributed by atoms with E-state index in [1.54, 1.807) is 12.1 Å². The Kier molecular flexibility index (Phi) is 5.65. The molecule has 0 aliphatic rings. The molecule has 1 aromatic carbocycles. The van der Waals surface area contributed by atoms with Crippen LogP contribution in [0.5, 0.6) is 5.75 Å². The quantitative estimate of drug-likeness (QED) is 0.806. The molecule has 4 nitrogen and oxygen atoms in total. The summed E-state index contributed by atoms with van der Waals surface area (Å²) in [6, 6.07) is 4.67. The van der Waals surface area contributed by atoms with E-state index < -0.39 is 0 Å². The number of carbonyl (C=O) groups excluding carboxylic acids is 2. The summed E-state index contributed by atoms with van der Waals surface area (Å²) < 4.78 is 5.28. The summed E-state index contributed by atoms with van der Waals surface area (Å²) >= 11 is 5.75. The highest BCUT2D eigenvalue weighted by atomic mass is 35.5. The Labute approximate surface area is 111 Å². The molecule has 1 amide bonds. The van der Waals surface area contributed by atoms with Gasteiger partial charge in [-0.25, -0.2) is 0 Å². The van der Waals surface area contributed by atoms with Crippen LogP contribution in [0.1, 0.15) is 24.2 Å². The Morgan fingerprint density at radius 1 is 1.50 bits per heavy atom. The monoisotopic (exact) mass is 269 g/mol. The summed E-state index contributed by atoms with van der Waals surface area (Å²) in [7, 11) is 0. The molecule has 0 unspecified atom stereocenters. The van der Waals surface area contributed by atoms with Gasteiger partial charge in [-0.2, -0.15) is 0 Å². The van der Waals surface area contributed by atoms with Crippen LogP contribution in [0.2, 0.25) is 5.02 Å². The van der Waals surface area contributed by atoms with Gasteiger partial charge in [0.15, 0.2) is 12.9 Å². The first-order valence-electron chi connectivity index (χ1n) is 5.67. The summed E-state index contributed by atoms with van der Waals surface area (Å²) in [5, 5.41) is 3.18. The zero-order chi connectivity index (χ0) is 13.5. The van der Waals surface area contributed by atoms with Crippen molar-refractivity contribution in [2.24, 2.45) is 5.92 Å². The van der Waals surface area contributed by atoms with Gasteiger partial charge in [-0.15, -0.1) is 0 Å². The first-order chi connectivity index (χ1) is 8.52. The molecule has 0 fully saturated rings. The molecule has 0 bridgehead atoms. The van der Waals surface area contributed by atoms with Gasteiger partial charge in [0.25, 0.3) is 5.91 Å². The van der Waals surface area contributed by atoms with Gasteiger partial charge in [-0.3, -0.25) is 9.59 Å². The molecule has 0 aromatic heterocycles. The Hall–Kier alpha value is -1.55. The molecule has 1 aromatic rings. The number of halogens is 1.